The summed E-state index contributed by atoms with van der Waals surface area (Å²) in [6.07, 6.45) is 0. The minimum atomic E-state index is -0.0985. The summed E-state index contributed by atoms with van der Waals surface area (Å²) in [5.41, 5.74) is 2.09. The van der Waals surface area contributed by atoms with Crippen LogP contribution in [0.3, 0.4) is 0 Å². The second-order valence-corrected chi connectivity index (χ2v) is 6.60. The van der Waals surface area contributed by atoms with Crippen molar-refractivity contribution in [2.45, 2.75) is 26.7 Å². The monoisotopic (exact) mass is 330 g/mol. The summed E-state index contributed by atoms with van der Waals surface area (Å²) >= 11 is 1.40. The Morgan fingerprint density at radius 2 is 1.87 bits per heavy atom. The second kappa shape index (κ2) is 7.92. The zero-order valence-corrected chi connectivity index (χ0v) is 14.5. The van der Waals surface area contributed by atoms with Crippen LogP contribution in [0.2, 0.25) is 0 Å². The summed E-state index contributed by atoms with van der Waals surface area (Å²) in [7, 11) is 0. The van der Waals surface area contributed by atoms with Crippen LogP contribution >= 0.6 is 11.3 Å². The molecular weight excluding hydrogens is 308 g/mol. The number of amides is 2. The molecule has 0 bridgehead atoms. The Labute approximate surface area is 141 Å². The van der Waals surface area contributed by atoms with Crippen molar-refractivity contribution in [2.75, 3.05) is 18.0 Å². The highest BCUT2D eigenvalue weighted by atomic mass is 32.1. The molecule has 2 aromatic rings. The molecule has 0 atom stereocenters. The first-order valence-electron chi connectivity index (χ1n) is 7.69. The number of hydrogen-bond acceptors (Lipinski definition) is 3. The third-order valence-electron chi connectivity index (χ3n) is 3.62. The summed E-state index contributed by atoms with van der Waals surface area (Å²) in [4.78, 5) is 26.2. The van der Waals surface area contributed by atoms with Crippen LogP contribution in [-0.4, -0.2) is 24.9 Å². The lowest BCUT2D eigenvalue weighted by Gasteiger charge is -2.22. The molecule has 1 N–H and O–H groups in total. The summed E-state index contributed by atoms with van der Waals surface area (Å²) in [6, 6.07) is 11.6. The number of carbonyl (C=O) groups is 2. The van der Waals surface area contributed by atoms with Crippen molar-refractivity contribution < 1.29 is 9.59 Å². The molecule has 1 aromatic heterocycles. The van der Waals surface area contributed by atoms with Crippen molar-refractivity contribution in [2.24, 2.45) is 0 Å². The minimum absolute atomic E-state index is 0.0346. The molecule has 0 aliphatic heterocycles. The Morgan fingerprint density at radius 3 is 2.39 bits per heavy atom. The van der Waals surface area contributed by atoms with Gasteiger partial charge >= 0.3 is 0 Å². The largest absolute Gasteiger partial charge is 0.350 e. The van der Waals surface area contributed by atoms with Gasteiger partial charge < -0.3 is 10.2 Å². The van der Waals surface area contributed by atoms with E-state index in [4.69, 9.17) is 0 Å². The van der Waals surface area contributed by atoms with Crippen molar-refractivity contribution in [1.82, 2.24) is 5.32 Å². The van der Waals surface area contributed by atoms with Gasteiger partial charge in [-0.3, -0.25) is 9.59 Å². The highest BCUT2D eigenvalue weighted by Crippen LogP contribution is 2.20. The van der Waals surface area contributed by atoms with Gasteiger partial charge in [-0.05, 0) is 35.1 Å². The lowest BCUT2D eigenvalue weighted by Crippen LogP contribution is -2.37. The standard InChI is InChI=1S/C18H22N2O2S/c1-13(2)15-6-8-16(9-7-15)20(14(3)21)11-10-19-18(22)17-5-4-12-23-17/h4-9,12-13H,10-11H2,1-3H3,(H,19,22). The molecule has 2 amide bonds. The molecule has 0 radical (unpaired) electrons. The second-order valence-electron chi connectivity index (χ2n) is 5.65. The molecule has 2 rings (SSSR count). The van der Waals surface area contributed by atoms with Crippen molar-refractivity contribution >= 4 is 28.8 Å². The van der Waals surface area contributed by atoms with Crippen LogP contribution in [0.4, 0.5) is 5.69 Å². The first kappa shape index (κ1) is 17.2. The minimum Gasteiger partial charge on any atom is -0.350 e. The molecule has 0 fully saturated rings. The van der Waals surface area contributed by atoms with E-state index in [9.17, 15) is 9.59 Å². The molecule has 4 nitrogen and oxygen atoms in total. The Bertz CT molecular complexity index is 648. The van der Waals surface area contributed by atoms with Gasteiger partial charge in [-0.2, -0.15) is 0 Å². The molecule has 0 saturated carbocycles. The fourth-order valence-corrected chi connectivity index (χ4v) is 2.92. The normalized spacial score (nSPS) is 10.6. The van der Waals surface area contributed by atoms with Crippen molar-refractivity contribution in [3.8, 4) is 0 Å². The maximum absolute atomic E-state index is 11.9. The van der Waals surface area contributed by atoms with Gasteiger partial charge in [0.05, 0.1) is 4.88 Å². The smallest absolute Gasteiger partial charge is 0.261 e. The molecule has 23 heavy (non-hydrogen) atoms. The van der Waals surface area contributed by atoms with Gasteiger partial charge in [-0.25, -0.2) is 0 Å². The average molecular weight is 330 g/mol. The first-order chi connectivity index (χ1) is 11.0. The molecule has 0 unspecified atom stereocenters. The van der Waals surface area contributed by atoms with Gasteiger partial charge in [0.25, 0.3) is 5.91 Å². The van der Waals surface area contributed by atoms with Gasteiger partial charge in [0.2, 0.25) is 5.91 Å². The SMILES string of the molecule is CC(=O)N(CCNC(=O)c1cccs1)c1ccc(C(C)C)cc1. The molecule has 0 aliphatic rings. The first-order valence-corrected chi connectivity index (χ1v) is 8.56. The van der Waals surface area contributed by atoms with E-state index < -0.39 is 0 Å². The van der Waals surface area contributed by atoms with E-state index in [1.807, 2.05) is 35.7 Å². The average Bonchev–Trinajstić information content (AvgIpc) is 3.05. The van der Waals surface area contributed by atoms with E-state index >= 15 is 0 Å². The molecule has 122 valence electrons. The van der Waals surface area contributed by atoms with Crippen LogP contribution in [0, 0.1) is 0 Å². The fourth-order valence-electron chi connectivity index (χ4n) is 2.28. The van der Waals surface area contributed by atoms with Gasteiger partial charge in [0, 0.05) is 25.7 Å². The molecule has 5 heteroatoms. The predicted molar refractivity (Wildman–Crippen MR) is 95.2 cm³/mol. The van der Waals surface area contributed by atoms with Gasteiger partial charge in [0.15, 0.2) is 0 Å². The highest BCUT2D eigenvalue weighted by Gasteiger charge is 2.13. The summed E-state index contributed by atoms with van der Waals surface area (Å²) in [5, 5.41) is 4.72. The molecule has 0 spiro atoms. The number of rotatable bonds is 6. The Hall–Kier alpha value is -2.14. The van der Waals surface area contributed by atoms with Crippen LogP contribution in [0.1, 0.15) is 41.9 Å². The molecule has 1 aromatic carbocycles. The summed E-state index contributed by atoms with van der Waals surface area (Å²) < 4.78 is 0. The van der Waals surface area contributed by atoms with Crippen molar-refractivity contribution in [1.29, 1.82) is 0 Å². The Balaban J connectivity index is 1.96. The number of hydrogen-bond donors (Lipinski definition) is 1. The lowest BCUT2D eigenvalue weighted by atomic mass is 10.0. The van der Waals surface area contributed by atoms with Crippen LogP contribution in [-0.2, 0) is 4.79 Å². The third-order valence-corrected chi connectivity index (χ3v) is 4.49. The summed E-state index contributed by atoms with van der Waals surface area (Å²) in [5.74, 6) is 0.325. The topological polar surface area (TPSA) is 49.4 Å². The van der Waals surface area contributed by atoms with Gasteiger partial charge in [0.1, 0.15) is 0 Å². The molecule has 1 heterocycles. The van der Waals surface area contributed by atoms with E-state index in [2.05, 4.69) is 19.2 Å². The van der Waals surface area contributed by atoms with Crippen molar-refractivity contribution in [3.63, 3.8) is 0 Å². The summed E-state index contributed by atoms with van der Waals surface area (Å²) in [6.45, 7) is 6.68. The maximum Gasteiger partial charge on any atom is 0.261 e. The zero-order chi connectivity index (χ0) is 16.8. The number of nitrogens with zero attached hydrogens (tertiary/aromatic N) is 1. The number of thiophene rings is 1. The van der Waals surface area contributed by atoms with E-state index in [-0.39, 0.29) is 11.8 Å². The fraction of sp³-hybridized carbons (Fsp3) is 0.333. The zero-order valence-electron chi connectivity index (χ0n) is 13.7. The third kappa shape index (κ3) is 4.66. The Morgan fingerprint density at radius 1 is 1.17 bits per heavy atom. The van der Waals surface area contributed by atoms with E-state index in [0.717, 1.165) is 5.69 Å². The van der Waals surface area contributed by atoms with Crippen LogP contribution in [0.5, 0.6) is 0 Å². The van der Waals surface area contributed by atoms with E-state index in [1.165, 1.54) is 23.8 Å². The van der Waals surface area contributed by atoms with Crippen LogP contribution in [0.25, 0.3) is 0 Å². The molecule has 0 aliphatic carbocycles. The molecular formula is C18H22N2O2S. The Kier molecular flexibility index (Phi) is 5.93. The highest BCUT2D eigenvalue weighted by molar-refractivity contribution is 7.12. The van der Waals surface area contributed by atoms with E-state index in [0.29, 0.717) is 23.9 Å². The number of carbonyl (C=O) groups excluding carboxylic acids is 2. The van der Waals surface area contributed by atoms with E-state index in [1.54, 1.807) is 11.0 Å². The molecule has 0 saturated heterocycles. The number of nitrogens with one attached hydrogen (secondary N) is 1. The number of anilines is 1. The van der Waals surface area contributed by atoms with Crippen LogP contribution < -0.4 is 10.2 Å². The number of benzene rings is 1. The van der Waals surface area contributed by atoms with Gasteiger partial charge in [-0.1, -0.05) is 32.0 Å². The lowest BCUT2D eigenvalue weighted by molar-refractivity contribution is -0.116. The predicted octanol–water partition coefficient (Wildman–Crippen LogP) is 3.65. The van der Waals surface area contributed by atoms with Crippen molar-refractivity contribution in [3.05, 3.63) is 52.2 Å². The quantitative estimate of drug-likeness (QED) is 0.879. The van der Waals surface area contributed by atoms with Gasteiger partial charge in [-0.15, -0.1) is 11.3 Å². The van der Waals surface area contributed by atoms with Crippen LogP contribution in [0.15, 0.2) is 41.8 Å². The maximum atomic E-state index is 11.9.